The number of benzene rings is 3. The fourth-order valence-electron chi connectivity index (χ4n) is 3.07. The lowest BCUT2D eigenvalue weighted by Gasteiger charge is -2.18. The van der Waals surface area contributed by atoms with Crippen molar-refractivity contribution in [2.45, 2.75) is 16.6 Å². The SMILES string of the molecule is COc1ccc(CCNC(=O)C(Sc2ccccc2N)c2ccccc2)cc1OC. The van der Waals surface area contributed by atoms with Gasteiger partial charge < -0.3 is 20.5 Å². The number of anilines is 1. The molecule has 0 aliphatic heterocycles. The molecule has 3 N–H and O–H groups in total. The number of carbonyl (C=O) groups is 1. The number of nitrogens with two attached hydrogens (primary N) is 1. The van der Waals surface area contributed by atoms with Crippen molar-refractivity contribution in [3.8, 4) is 11.5 Å². The van der Waals surface area contributed by atoms with Crippen LogP contribution < -0.4 is 20.5 Å². The minimum Gasteiger partial charge on any atom is -0.493 e. The molecular formula is C24H26N2O3S. The summed E-state index contributed by atoms with van der Waals surface area (Å²) < 4.78 is 10.6. The van der Waals surface area contributed by atoms with E-state index in [1.807, 2.05) is 72.8 Å². The summed E-state index contributed by atoms with van der Waals surface area (Å²) in [4.78, 5) is 13.9. The number of methoxy groups -OCH3 is 2. The maximum Gasteiger partial charge on any atom is 0.238 e. The lowest BCUT2D eigenvalue weighted by atomic mass is 10.1. The fourth-order valence-corrected chi connectivity index (χ4v) is 4.17. The lowest BCUT2D eigenvalue weighted by molar-refractivity contribution is -0.120. The third-order valence-electron chi connectivity index (χ3n) is 4.67. The van der Waals surface area contributed by atoms with E-state index in [2.05, 4.69) is 5.32 Å². The average Bonchev–Trinajstić information content (AvgIpc) is 2.78. The van der Waals surface area contributed by atoms with Crippen LogP contribution in [0, 0.1) is 0 Å². The van der Waals surface area contributed by atoms with Gasteiger partial charge in [-0.2, -0.15) is 0 Å². The molecule has 3 aromatic carbocycles. The standard InChI is InChI=1S/C24H26N2O3S/c1-28-20-13-12-17(16-21(20)29-2)14-15-26-24(27)23(18-8-4-3-5-9-18)30-22-11-7-6-10-19(22)25/h3-13,16,23H,14-15,25H2,1-2H3,(H,26,27). The first-order valence-corrected chi connectivity index (χ1v) is 10.5. The maximum absolute atomic E-state index is 13.1. The molecule has 1 atom stereocenters. The molecular weight excluding hydrogens is 396 g/mol. The number of rotatable bonds is 9. The summed E-state index contributed by atoms with van der Waals surface area (Å²) in [7, 11) is 3.22. The van der Waals surface area contributed by atoms with Crippen molar-refractivity contribution < 1.29 is 14.3 Å². The Labute approximate surface area is 181 Å². The van der Waals surface area contributed by atoms with E-state index < -0.39 is 0 Å². The van der Waals surface area contributed by atoms with Crippen LogP contribution >= 0.6 is 11.8 Å². The Bertz CT molecular complexity index is 979. The zero-order valence-corrected chi connectivity index (χ0v) is 17.9. The van der Waals surface area contributed by atoms with Crippen molar-refractivity contribution in [3.63, 3.8) is 0 Å². The molecule has 0 bridgehead atoms. The number of hydrogen-bond donors (Lipinski definition) is 2. The molecule has 3 aromatic rings. The summed E-state index contributed by atoms with van der Waals surface area (Å²) in [5.41, 5.74) is 8.77. The number of nitrogens with one attached hydrogen (secondary N) is 1. The maximum atomic E-state index is 13.1. The molecule has 5 nitrogen and oxygen atoms in total. The molecule has 0 heterocycles. The van der Waals surface area contributed by atoms with E-state index in [0.29, 0.717) is 30.2 Å². The molecule has 0 saturated carbocycles. The second-order valence-corrected chi connectivity index (χ2v) is 7.82. The second kappa shape index (κ2) is 10.6. The Morgan fingerprint density at radius 1 is 0.967 bits per heavy atom. The molecule has 1 unspecified atom stereocenters. The van der Waals surface area contributed by atoms with Gasteiger partial charge in [0.25, 0.3) is 0 Å². The van der Waals surface area contributed by atoms with Gasteiger partial charge >= 0.3 is 0 Å². The van der Waals surface area contributed by atoms with Gasteiger partial charge in [0.15, 0.2) is 11.5 Å². The highest BCUT2D eigenvalue weighted by molar-refractivity contribution is 8.00. The summed E-state index contributed by atoms with van der Waals surface area (Å²) in [5.74, 6) is 1.32. The average molecular weight is 423 g/mol. The van der Waals surface area contributed by atoms with Crippen molar-refractivity contribution in [1.29, 1.82) is 0 Å². The van der Waals surface area contributed by atoms with Crippen LogP contribution in [0.3, 0.4) is 0 Å². The zero-order valence-electron chi connectivity index (χ0n) is 17.1. The molecule has 6 heteroatoms. The van der Waals surface area contributed by atoms with Crippen molar-refractivity contribution in [2.24, 2.45) is 0 Å². The van der Waals surface area contributed by atoms with Gasteiger partial charge in [0.1, 0.15) is 5.25 Å². The van der Waals surface area contributed by atoms with E-state index in [1.54, 1.807) is 14.2 Å². The summed E-state index contributed by atoms with van der Waals surface area (Å²) in [5, 5.41) is 2.68. The molecule has 0 aromatic heterocycles. The first kappa shape index (κ1) is 21.6. The van der Waals surface area contributed by atoms with Crippen LogP contribution in [0.5, 0.6) is 11.5 Å². The highest BCUT2D eigenvalue weighted by Gasteiger charge is 2.22. The van der Waals surface area contributed by atoms with Crippen LogP contribution in [-0.4, -0.2) is 26.7 Å². The molecule has 0 radical (unpaired) electrons. The Morgan fingerprint density at radius 3 is 2.37 bits per heavy atom. The molecule has 156 valence electrons. The Balaban J connectivity index is 1.69. The van der Waals surface area contributed by atoms with Crippen LogP contribution in [0.2, 0.25) is 0 Å². The number of nitrogen functional groups attached to an aromatic ring is 1. The molecule has 0 aliphatic rings. The van der Waals surface area contributed by atoms with Crippen molar-refractivity contribution >= 4 is 23.4 Å². The van der Waals surface area contributed by atoms with Gasteiger partial charge in [-0.25, -0.2) is 0 Å². The van der Waals surface area contributed by atoms with Gasteiger partial charge in [0.2, 0.25) is 5.91 Å². The third kappa shape index (κ3) is 5.48. The summed E-state index contributed by atoms with van der Waals surface area (Å²) in [6.07, 6.45) is 0.686. The minimum absolute atomic E-state index is 0.0464. The van der Waals surface area contributed by atoms with Gasteiger partial charge in [-0.3, -0.25) is 4.79 Å². The highest BCUT2D eigenvalue weighted by atomic mass is 32.2. The molecule has 0 saturated heterocycles. The molecule has 1 amide bonds. The van der Waals surface area contributed by atoms with E-state index >= 15 is 0 Å². The number of thioether (sulfide) groups is 1. The van der Waals surface area contributed by atoms with Crippen LogP contribution in [-0.2, 0) is 11.2 Å². The number of ether oxygens (including phenoxy) is 2. The molecule has 0 fully saturated rings. The van der Waals surface area contributed by atoms with Gasteiger partial charge in [-0.05, 0) is 41.8 Å². The predicted molar refractivity (Wildman–Crippen MR) is 122 cm³/mol. The van der Waals surface area contributed by atoms with E-state index in [9.17, 15) is 4.79 Å². The van der Waals surface area contributed by atoms with Crippen LogP contribution in [0.4, 0.5) is 5.69 Å². The quantitative estimate of drug-likeness (QED) is 0.393. The van der Waals surface area contributed by atoms with Crippen LogP contribution in [0.15, 0.2) is 77.7 Å². The first-order valence-electron chi connectivity index (χ1n) is 9.67. The first-order chi connectivity index (χ1) is 14.6. The van der Waals surface area contributed by atoms with Crippen molar-refractivity contribution in [1.82, 2.24) is 5.32 Å². The number of hydrogen-bond acceptors (Lipinski definition) is 5. The van der Waals surface area contributed by atoms with Gasteiger partial charge in [-0.1, -0.05) is 48.5 Å². The highest BCUT2D eigenvalue weighted by Crippen LogP contribution is 2.38. The minimum atomic E-state index is -0.388. The van der Waals surface area contributed by atoms with Crippen molar-refractivity contribution in [3.05, 3.63) is 83.9 Å². The topological polar surface area (TPSA) is 73.6 Å². The van der Waals surface area contributed by atoms with E-state index in [0.717, 1.165) is 16.0 Å². The monoisotopic (exact) mass is 422 g/mol. The number of para-hydroxylation sites is 1. The smallest absolute Gasteiger partial charge is 0.238 e. The van der Waals surface area contributed by atoms with Crippen LogP contribution in [0.1, 0.15) is 16.4 Å². The zero-order chi connectivity index (χ0) is 21.3. The largest absolute Gasteiger partial charge is 0.493 e. The second-order valence-electron chi connectivity index (χ2n) is 6.68. The Kier molecular flexibility index (Phi) is 7.63. The van der Waals surface area contributed by atoms with E-state index in [-0.39, 0.29) is 11.2 Å². The van der Waals surface area contributed by atoms with E-state index in [1.165, 1.54) is 11.8 Å². The van der Waals surface area contributed by atoms with Crippen LogP contribution in [0.25, 0.3) is 0 Å². The van der Waals surface area contributed by atoms with Gasteiger partial charge in [0, 0.05) is 17.1 Å². The molecule has 0 spiro atoms. The molecule has 30 heavy (non-hydrogen) atoms. The van der Waals surface area contributed by atoms with Gasteiger partial charge in [0.05, 0.1) is 14.2 Å². The normalized spacial score (nSPS) is 11.5. The number of carbonyl (C=O) groups excluding carboxylic acids is 1. The summed E-state index contributed by atoms with van der Waals surface area (Å²) in [6.45, 7) is 0.516. The fraction of sp³-hybridized carbons (Fsp3) is 0.208. The third-order valence-corrected chi connectivity index (χ3v) is 6.01. The van der Waals surface area contributed by atoms with Gasteiger partial charge in [-0.15, -0.1) is 11.8 Å². The Hall–Kier alpha value is -3.12. The molecule has 0 aliphatic carbocycles. The summed E-state index contributed by atoms with van der Waals surface area (Å²) in [6, 6.07) is 23.1. The summed E-state index contributed by atoms with van der Waals surface area (Å²) >= 11 is 1.46. The lowest BCUT2D eigenvalue weighted by Crippen LogP contribution is -2.29. The predicted octanol–water partition coefficient (Wildman–Crippen LogP) is 4.48. The Morgan fingerprint density at radius 2 is 1.67 bits per heavy atom. The van der Waals surface area contributed by atoms with E-state index in [4.69, 9.17) is 15.2 Å². The molecule has 3 rings (SSSR count). The van der Waals surface area contributed by atoms with Crippen molar-refractivity contribution in [2.75, 3.05) is 26.5 Å². The number of amides is 1.